The molecule has 1 saturated heterocycles. The number of hydrogen-bond acceptors (Lipinski definition) is 7. The number of alkyl halides is 3. The molecule has 1 aromatic carbocycles. The second-order valence-electron chi connectivity index (χ2n) is 10.1. The standard InChI is InChI=1S/C25H28ClF3N6O2/c1-24(2,3)37-23(36)35-12-11-33(14-17(35)9-10-30)21-19-18(31-22(26)32-21)15-34(20(19)25(27,28)29)13-16-7-5-4-6-8-16/h4-8,17,20H,9,11-15H2,1-3H3/t17-,20?/m0/s1. The fourth-order valence-corrected chi connectivity index (χ4v) is 4.99. The summed E-state index contributed by atoms with van der Waals surface area (Å²) in [5.74, 6) is 0.0830. The summed E-state index contributed by atoms with van der Waals surface area (Å²) >= 11 is 6.18. The van der Waals surface area contributed by atoms with Gasteiger partial charge in [-0.25, -0.2) is 14.8 Å². The lowest BCUT2D eigenvalue weighted by Gasteiger charge is -2.42. The summed E-state index contributed by atoms with van der Waals surface area (Å²) in [7, 11) is 0. The monoisotopic (exact) mass is 536 g/mol. The Bertz CT molecular complexity index is 1180. The molecule has 2 aromatic rings. The Morgan fingerprint density at radius 1 is 1.19 bits per heavy atom. The highest BCUT2D eigenvalue weighted by Crippen LogP contribution is 2.48. The third-order valence-corrected chi connectivity index (χ3v) is 6.41. The summed E-state index contributed by atoms with van der Waals surface area (Å²) in [5, 5.41) is 9.23. The van der Waals surface area contributed by atoms with Gasteiger partial charge >= 0.3 is 12.3 Å². The first-order valence-corrected chi connectivity index (χ1v) is 12.3. The highest BCUT2D eigenvalue weighted by Gasteiger charge is 2.52. The molecule has 3 heterocycles. The molecular weight excluding hydrogens is 509 g/mol. The van der Waals surface area contributed by atoms with Crippen LogP contribution in [-0.4, -0.2) is 63.3 Å². The highest BCUT2D eigenvalue weighted by atomic mass is 35.5. The molecule has 0 saturated carbocycles. The number of carbonyl (C=O) groups is 1. The molecule has 8 nitrogen and oxygen atoms in total. The van der Waals surface area contributed by atoms with Gasteiger partial charge in [-0.1, -0.05) is 30.3 Å². The molecule has 198 valence electrons. The average molecular weight is 537 g/mol. The first-order valence-electron chi connectivity index (χ1n) is 11.9. The minimum Gasteiger partial charge on any atom is -0.444 e. The molecule has 12 heteroatoms. The topological polar surface area (TPSA) is 85.6 Å². The van der Waals surface area contributed by atoms with Crippen LogP contribution in [0, 0.1) is 11.3 Å². The average Bonchev–Trinajstić information content (AvgIpc) is 3.16. The van der Waals surface area contributed by atoms with E-state index in [9.17, 15) is 23.2 Å². The quantitative estimate of drug-likeness (QED) is 0.503. The lowest BCUT2D eigenvalue weighted by molar-refractivity contribution is -0.185. The van der Waals surface area contributed by atoms with Crippen LogP contribution in [0.4, 0.5) is 23.8 Å². The Morgan fingerprint density at radius 2 is 1.89 bits per heavy atom. The molecule has 37 heavy (non-hydrogen) atoms. The number of amides is 1. The molecule has 0 N–H and O–H groups in total. The van der Waals surface area contributed by atoms with Crippen molar-refractivity contribution in [3.05, 3.63) is 52.4 Å². The van der Waals surface area contributed by atoms with E-state index in [1.807, 2.05) is 0 Å². The van der Waals surface area contributed by atoms with E-state index in [2.05, 4.69) is 16.0 Å². The van der Waals surface area contributed by atoms with E-state index in [0.29, 0.717) is 0 Å². The van der Waals surface area contributed by atoms with Crippen LogP contribution in [-0.2, 0) is 17.8 Å². The first-order chi connectivity index (χ1) is 17.4. The number of fused-ring (bicyclic) bond motifs is 1. The maximum absolute atomic E-state index is 14.5. The summed E-state index contributed by atoms with van der Waals surface area (Å²) in [6, 6.07) is 8.47. The maximum Gasteiger partial charge on any atom is 0.410 e. The van der Waals surface area contributed by atoms with E-state index < -0.39 is 30.0 Å². The van der Waals surface area contributed by atoms with Crippen LogP contribution in [0.2, 0.25) is 5.28 Å². The van der Waals surface area contributed by atoms with Gasteiger partial charge < -0.3 is 14.5 Å². The molecule has 0 radical (unpaired) electrons. The molecular formula is C25H28ClF3N6O2. The molecule has 2 aliphatic heterocycles. The lowest BCUT2D eigenvalue weighted by Crippen LogP contribution is -2.56. The van der Waals surface area contributed by atoms with Crippen LogP contribution < -0.4 is 4.90 Å². The fraction of sp³-hybridized carbons (Fsp3) is 0.520. The number of aromatic nitrogens is 2. The van der Waals surface area contributed by atoms with Crippen molar-refractivity contribution >= 4 is 23.5 Å². The number of rotatable bonds is 4. The third kappa shape index (κ3) is 6.08. The molecule has 2 atom stereocenters. The molecule has 0 aliphatic carbocycles. The summed E-state index contributed by atoms with van der Waals surface area (Å²) in [6.45, 7) is 5.72. The molecule has 0 spiro atoms. The second-order valence-corrected chi connectivity index (χ2v) is 10.5. The molecule has 1 fully saturated rings. The van der Waals surface area contributed by atoms with E-state index in [1.54, 1.807) is 56.0 Å². The Labute approximate surface area is 218 Å². The van der Waals surface area contributed by atoms with Crippen molar-refractivity contribution in [1.82, 2.24) is 19.8 Å². The van der Waals surface area contributed by atoms with Crippen LogP contribution in [0.3, 0.4) is 0 Å². The number of piperazine rings is 1. The number of nitriles is 1. The minimum atomic E-state index is -4.59. The Balaban J connectivity index is 1.67. The number of carbonyl (C=O) groups excluding carboxylic acids is 1. The SMILES string of the molecule is CC(C)(C)OC(=O)N1CCN(c2nc(Cl)nc3c2C(C(F)(F)F)N(Cc2ccccc2)C3)C[C@@H]1CC#N. The number of hydrogen-bond donors (Lipinski definition) is 0. The van der Waals surface area contributed by atoms with Crippen molar-refractivity contribution in [2.75, 3.05) is 24.5 Å². The van der Waals surface area contributed by atoms with Crippen molar-refractivity contribution < 1.29 is 22.7 Å². The molecule has 4 rings (SSSR count). The van der Waals surface area contributed by atoms with Crippen LogP contribution in [0.1, 0.15) is 50.1 Å². The predicted octanol–water partition coefficient (Wildman–Crippen LogP) is 5.09. The van der Waals surface area contributed by atoms with Crippen molar-refractivity contribution in [1.29, 1.82) is 5.26 Å². The van der Waals surface area contributed by atoms with E-state index in [-0.39, 0.29) is 61.5 Å². The van der Waals surface area contributed by atoms with Gasteiger partial charge in [0.15, 0.2) is 0 Å². The Hall–Kier alpha value is -3.10. The van der Waals surface area contributed by atoms with Gasteiger partial charge in [0.25, 0.3) is 0 Å². The molecule has 1 amide bonds. The maximum atomic E-state index is 14.5. The zero-order chi connectivity index (χ0) is 27.0. The molecule has 1 aromatic heterocycles. The molecule has 0 bridgehead atoms. The third-order valence-electron chi connectivity index (χ3n) is 6.24. The molecule has 2 aliphatic rings. The van der Waals surface area contributed by atoms with Crippen molar-refractivity contribution in [2.45, 2.75) is 64.1 Å². The lowest BCUT2D eigenvalue weighted by atomic mass is 10.0. The predicted molar refractivity (Wildman–Crippen MR) is 131 cm³/mol. The van der Waals surface area contributed by atoms with Crippen LogP contribution >= 0.6 is 11.6 Å². The summed E-state index contributed by atoms with van der Waals surface area (Å²) < 4.78 is 49.0. The van der Waals surface area contributed by atoms with Gasteiger partial charge in [0.2, 0.25) is 5.28 Å². The summed E-state index contributed by atoms with van der Waals surface area (Å²) in [4.78, 5) is 25.6. The van der Waals surface area contributed by atoms with Crippen molar-refractivity contribution in [3.63, 3.8) is 0 Å². The largest absolute Gasteiger partial charge is 0.444 e. The summed E-state index contributed by atoms with van der Waals surface area (Å²) in [6.07, 6.45) is -5.17. The molecule has 1 unspecified atom stereocenters. The number of anilines is 1. The van der Waals surface area contributed by atoms with E-state index in [0.717, 1.165) is 5.56 Å². The first kappa shape index (κ1) is 26.9. The van der Waals surface area contributed by atoms with Gasteiger partial charge in [0.05, 0.1) is 24.2 Å². The van der Waals surface area contributed by atoms with Crippen LogP contribution in [0.5, 0.6) is 0 Å². The van der Waals surface area contributed by atoms with E-state index >= 15 is 0 Å². The second kappa shape index (κ2) is 10.3. The van der Waals surface area contributed by atoms with Gasteiger partial charge in [0, 0.05) is 38.3 Å². The zero-order valence-electron chi connectivity index (χ0n) is 20.8. The number of nitrogens with zero attached hydrogens (tertiary/aromatic N) is 6. The van der Waals surface area contributed by atoms with Gasteiger partial charge in [-0.05, 0) is 37.9 Å². The Kier molecular flexibility index (Phi) is 7.53. The smallest absolute Gasteiger partial charge is 0.410 e. The number of benzene rings is 1. The van der Waals surface area contributed by atoms with Gasteiger partial charge in [-0.2, -0.15) is 18.4 Å². The summed E-state index contributed by atoms with van der Waals surface area (Å²) in [5.41, 5.74) is 0.202. The van der Waals surface area contributed by atoms with E-state index in [4.69, 9.17) is 16.3 Å². The minimum absolute atomic E-state index is 0.0143. The zero-order valence-corrected chi connectivity index (χ0v) is 21.6. The van der Waals surface area contributed by atoms with Gasteiger partial charge in [-0.15, -0.1) is 0 Å². The Morgan fingerprint density at radius 3 is 2.51 bits per heavy atom. The van der Waals surface area contributed by atoms with Crippen LogP contribution in [0.15, 0.2) is 30.3 Å². The van der Waals surface area contributed by atoms with Crippen molar-refractivity contribution in [3.8, 4) is 6.07 Å². The highest BCUT2D eigenvalue weighted by molar-refractivity contribution is 6.28. The van der Waals surface area contributed by atoms with Gasteiger partial charge in [0.1, 0.15) is 17.5 Å². The number of ether oxygens (including phenoxy) is 1. The fourth-order valence-electron chi connectivity index (χ4n) is 4.81. The van der Waals surface area contributed by atoms with Gasteiger partial charge in [-0.3, -0.25) is 4.90 Å². The van der Waals surface area contributed by atoms with E-state index in [1.165, 1.54) is 9.80 Å². The van der Waals surface area contributed by atoms with Crippen LogP contribution in [0.25, 0.3) is 0 Å². The normalized spacial score (nSPS) is 20.5. The van der Waals surface area contributed by atoms with Crippen molar-refractivity contribution in [2.24, 2.45) is 0 Å². The number of halogens is 4.